The monoisotopic (exact) mass is 465 g/mol. The largest absolute Gasteiger partial charge is 0.482 e. The van der Waals surface area contributed by atoms with Crippen molar-refractivity contribution in [3.8, 4) is 5.75 Å². The van der Waals surface area contributed by atoms with Crippen LogP contribution in [0.4, 0.5) is 5.69 Å². The van der Waals surface area contributed by atoms with Gasteiger partial charge in [-0.25, -0.2) is 0 Å². The number of carbonyl (C=O) groups is 1. The fraction of sp³-hybridized carbons (Fsp3) is 0.133. The van der Waals surface area contributed by atoms with Crippen molar-refractivity contribution in [2.45, 2.75) is 6.92 Å². The SMILES string of the molecule is Cc1cc(Br)cc(Br)c1OCC(=O)Nc1cc(Cl)ccc1Cl. The molecule has 0 aliphatic rings. The second-order valence-corrected chi connectivity index (χ2v) is 7.11. The van der Waals surface area contributed by atoms with Crippen molar-refractivity contribution < 1.29 is 9.53 Å². The fourth-order valence-corrected chi connectivity index (χ4v) is 3.68. The van der Waals surface area contributed by atoms with E-state index in [0.717, 1.165) is 14.5 Å². The molecule has 0 bridgehead atoms. The molecule has 7 heteroatoms. The summed E-state index contributed by atoms with van der Waals surface area (Å²) in [5.41, 5.74) is 1.36. The van der Waals surface area contributed by atoms with E-state index in [1.54, 1.807) is 18.2 Å². The summed E-state index contributed by atoms with van der Waals surface area (Å²) in [5, 5.41) is 3.57. The van der Waals surface area contributed by atoms with E-state index in [1.165, 1.54) is 0 Å². The Bertz CT molecular complexity index is 700. The highest BCUT2D eigenvalue weighted by Gasteiger charge is 2.11. The summed E-state index contributed by atoms with van der Waals surface area (Å²) < 4.78 is 7.27. The first-order valence-corrected chi connectivity index (χ1v) is 8.54. The van der Waals surface area contributed by atoms with Gasteiger partial charge in [-0.3, -0.25) is 4.79 Å². The van der Waals surface area contributed by atoms with Crippen LogP contribution in [0, 0.1) is 6.92 Å². The molecule has 0 heterocycles. The van der Waals surface area contributed by atoms with Crippen LogP contribution >= 0.6 is 55.1 Å². The molecule has 2 aromatic rings. The molecular formula is C15H11Br2Cl2NO2. The summed E-state index contributed by atoms with van der Waals surface area (Å²) in [6.07, 6.45) is 0. The molecule has 0 radical (unpaired) electrons. The van der Waals surface area contributed by atoms with Crippen molar-refractivity contribution in [2.24, 2.45) is 0 Å². The number of aryl methyl sites for hydroxylation is 1. The number of hydrogen-bond donors (Lipinski definition) is 1. The molecule has 1 amide bonds. The van der Waals surface area contributed by atoms with Gasteiger partial charge in [-0.2, -0.15) is 0 Å². The third-order valence-corrected chi connectivity index (χ3v) is 4.36. The van der Waals surface area contributed by atoms with E-state index in [1.807, 2.05) is 19.1 Å². The Labute approximate surface area is 155 Å². The van der Waals surface area contributed by atoms with Crippen LogP contribution < -0.4 is 10.1 Å². The topological polar surface area (TPSA) is 38.3 Å². The second-order valence-electron chi connectivity index (χ2n) is 4.49. The fourth-order valence-electron chi connectivity index (χ4n) is 1.79. The predicted molar refractivity (Wildman–Crippen MR) is 97.2 cm³/mol. The number of benzene rings is 2. The van der Waals surface area contributed by atoms with E-state index in [0.29, 0.717) is 21.5 Å². The number of carbonyl (C=O) groups excluding carboxylic acids is 1. The van der Waals surface area contributed by atoms with Crippen molar-refractivity contribution >= 4 is 66.7 Å². The Kier molecular flexibility index (Phi) is 6.15. The van der Waals surface area contributed by atoms with Gasteiger partial charge in [0, 0.05) is 9.50 Å². The summed E-state index contributed by atoms with van der Waals surface area (Å²) in [7, 11) is 0. The molecule has 116 valence electrons. The summed E-state index contributed by atoms with van der Waals surface area (Å²) >= 11 is 18.7. The summed E-state index contributed by atoms with van der Waals surface area (Å²) in [4.78, 5) is 12.0. The number of halogens is 4. The summed E-state index contributed by atoms with van der Waals surface area (Å²) in [6, 6.07) is 8.62. The Balaban J connectivity index is 2.03. The minimum atomic E-state index is -0.321. The smallest absolute Gasteiger partial charge is 0.262 e. The van der Waals surface area contributed by atoms with Gasteiger partial charge >= 0.3 is 0 Å². The lowest BCUT2D eigenvalue weighted by atomic mass is 10.2. The van der Waals surface area contributed by atoms with Crippen LogP contribution in [0.5, 0.6) is 5.75 Å². The van der Waals surface area contributed by atoms with Crippen LogP contribution in [0.15, 0.2) is 39.3 Å². The molecule has 0 saturated carbocycles. The minimum absolute atomic E-state index is 0.135. The second kappa shape index (κ2) is 7.68. The van der Waals surface area contributed by atoms with Crippen LogP contribution in [-0.2, 0) is 4.79 Å². The summed E-state index contributed by atoms with van der Waals surface area (Å²) in [5.74, 6) is 0.300. The van der Waals surface area contributed by atoms with Crippen molar-refractivity contribution in [1.82, 2.24) is 0 Å². The number of hydrogen-bond acceptors (Lipinski definition) is 2. The van der Waals surface area contributed by atoms with E-state index >= 15 is 0 Å². The third-order valence-electron chi connectivity index (χ3n) is 2.74. The first-order chi connectivity index (χ1) is 10.4. The highest BCUT2D eigenvalue weighted by molar-refractivity contribution is 9.11. The zero-order valence-corrected chi connectivity index (χ0v) is 16.1. The molecule has 0 aliphatic heterocycles. The molecule has 2 aromatic carbocycles. The van der Waals surface area contributed by atoms with Gasteiger partial charge in [0.25, 0.3) is 5.91 Å². The molecule has 22 heavy (non-hydrogen) atoms. The van der Waals surface area contributed by atoms with Crippen LogP contribution in [0.1, 0.15) is 5.56 Å². The van der Waals surface area contributed by atoms with Crippen molar-refractivity contribution in [2.75, 3.05) is 11.9 Å². The van der Waals surface area contributed by atoms with Gasteiger partial charge in [-0.15, -0.1) is 0 Å². The van der Waals surface area contributed by atoms with Gasteiger partial charge in [0.1, 0.15) is 5.75 Å². The average molecular weight is 468 g/mol. The Hall–Kier alpha value is -0.750. The van der Waals surface area contributed by atoms with Gasteiger partial charge in [-0.1, -0.05) is 39.1 Å². The number of rotatable bonds is 4. The molecule has 2 rings (SSSR count). The van der Waals surface area contributed by atoms with E-state index < -0.39 is 0 Å². The van der Waals surface area contributed by atoms with Crippen molar-refractivity contribution in [1.29, 1.82) is 0 Å². The number of anilines is 1. The quantitative estimate of drug-likeness (QED) is 0.613. The highest BCUT2D eigenvalue weighted by atomic mass is 79.9. The Morgan fingerprint density at radius 2 is 1.95 bits per heavy atom. The van der Waals surface area contributed by atoms with Gasteiger partial charge in [0.15, 0.2) is 6.61 Å². The Morgan fingerprint density at radius 3 is 2.64 bits per heavy atom. The van der Waals surface area contributed by atoms with Crippen LogP contribution in [0.3, 0.4) is 0 Å². The van der Waals surface area contributed by atoms with Gasteiger partial charge in [0.2, 0.25) is 0 Å². The van der Waals surface area contributed by atoms with Crippen LogP contribution in [0.25, 0.3) is 0 Å². The third kappa shape index (κ3) is 4.62. The zero-order valence-electron chi connectivity index (χ0n) is 11.4. The molecule has 3 nitrogen and oxygen atoms in total. The minimum Gasteiger partial charge on any atom is -0.482 e. The predicted octanol–water partition coefficient (Wildman–Crippen LogP) is 5.84. The van der Waals surface area contributed by atoms with Gasteiger partial charge in [0.05, 0.1) is 15.2 Å². The van der Waals surface area contributed by atoms with Crippen LogP contribution in [-0.4, -0.2) is 12.5 Å². The maximum absolute atomic E-state index is 12.0. The van der Waals surface area contributed by atoms with Gasteiger partial charge in [-0.05, 0) is 58.7 Å². The molecule has 1 N–H and O–H groups in total. The lowest BCUT2D eigenvalue weighted by Crippen LogP contribution is -2.20. The number of nitrogens with one attached hydrogen (secondary N) is 1. The molecule has 0 fully saturated rings. The molecule has 0 spiro atoms. The molecular weight excluding hydrogens is 457 g/mol. The van der Waals surface area contributed by atoms with Crippen LogP contribution in [0.2, 0.25) is 10.0 Å². The number of amides is 1. The van der Waals surface area contributed by atoms with E-state index in [4.69, 9.17) is 27.9 Å². The van der Waals surface area contributed by atoms with E-state index in [-0.39, 0.29) is 12.5 Å². The van der Waals surface area contributed by atoms with Crippen molar-refractivity contribution in [3.05, 3.63) is 54.9 Å². The maximum atomic E-state index is 12.0. The molecule has 0 unspecified atom stereocenters. The average Bonchev–Trinajstić information content (AvgIpc) is 2.41. The zero-order chi connectivity index (χ0) is 16.3. The lowest BCUT2D eigenvalue weighted by Gasteiger charge is -2.12. The first-order valence-electron chi connectivity index (χ1n) is 6.20. The molecule has 0 atom stereocenters. The lowest BCUT2D eigenvalue weighted by molar-refractivity contribution is -0.118. The van der Waals surface area contributed by atoms with E-state index in [2.05, 4.69) is 37.2 Å². The highest BCUT2D eigenvalue weighted by Crippen LogP contribution is 2.32. The number of ether oxygens (including phenoxy) is 1. The standard InChI is InChI=1S/C15H11Br2Cl2NO2/c1-8-4-9(16)5-11(17)15(8)22-7-14(21)20-13-6-10(18)2-3-12(13)19/h2-6H,7H2,1H3,(H,20,21). The Morgan fingerprint density at radius 1 is 1.23 bits per heavy atom. The summed E-state index contributed by atoms with van der Waals surface area (Å²) in [6.45, 7) is 1.76. The normalized spacial score (nSPS) is 10.4. The van der Waals surface area contributed by atoms with E-state index in [9.17, 15) is 4.79 Å². The van der Waals surface area contributed by atoms with Gasteiger partial charge < -0.3 is 10.1 Å². The molecule has 0 aromatic heterocycles. The molecule has 0 aliphatic carbocycles. The maximum Gasteiger partial charge on any atom is 0.262 e. The van der Waals surface area contributed by atoms with Crippen molar-refractivity contribution in [3.63, 3.8) is 0 Å². The molecule has 0 saturated heterocycles. The first kappa shape index (κ1) is 17.6.